The van der Waals surface area contributed by atoms with Crippen molar-refractivity contribution in [3.8, 4) is 0 Å². The fourth-order valence-electron chi connectivity index (χ4n) is 2.02. The standard InChI is InChI=1S/C13H15ClN2O/c1-13(2,8-16-12(14)17)10-7-15-11-6-4-3-5-9(10)11/h3-7,15H,8H2,1-2H3,(H,16,17). The first kappa shape index (κ1) is 12.0. The Morgan fingerprint density at radius 2 is 2.12 bits per heavy atom. The highest BCUT2D eigenvalue weighted by atomic mass is 35.5. The van der Waals surface area contributed by atoms with E-state index in [1.807, 2.05) is 24.4 Å². The molecule has 0 bridgehead atoms. The predicted octanol–water partition coefficient (Wildman–Crippen LogP) is 3.39. The van der Waals surface area contributed by atoms with Crippen molar-refractivity contribution in [2.75, 3.05) is 6.54 Å². The number of benzene rings is 1. The van der Waals surface area contributed by atoms with E-state index in [-0.39, 0.29) is 5.41 Å². The van der Waals surface area contributed by atoms with Gasteiger partial charge >= 0.3 is 5.37 Å². The van der Waals surface area contributed by atoms with Gasteiger partial charge in [-0.25, -0.2) is 0 Å². The highest BCUT2D eigenvalue weighted by molar-refractivity contribution is 6.62. The number of rotatable bonds is 3. The van der Waals surface area contributed by atoms with Crippen molar-refractivity contribution in [3.63, 3.8) is 0 Å². The van der Waals surface area contributed by atoms with Gasteiger partial charge in [0.05, 0.1) is 0 Å². The number of fused-ring (bicyclic) bond motifs is 1. The van der Waals surface area contributed by atoms with Crippen molar-refractivity contribution < 1.29 is 4.79 Å². The number of nitrogens with one attached hydrogen (secondary N) is 2. The number of aromatic amines is 1. The number of para-hydroxylation sites is 1. The molecule has 0 aliphatic heterocycles. The molecule has 0 aliphatic carbocycles. The summed E-state index contributed by atoms with van der Waals surface area (Å²) in [5.41, 5.74) is 2.12. The first-order valence-corrected chi connectivity index (χ1v) is 5.88. The Morgan fingerprint density at radius 3 is 2.82 bits per heavy atom. The summed E-state index contributed by atoms with van der Waals surface area (Å²) < 4.78 is 0. The summed E-state index contributed by atoms with van der Waals surface area (Å²) in [7, 11) is 0. The number of H-pyrrole nitrogens is 1. The SMILES string of the molecule is CC(C)(CNC(=O)Cl)c1c[nH]c2ccccc12. The fraction of sp³-hybridized carbons (Fsp3) is 0.308. The minimum atomic E-state index is -0.516. The van der Waals surface area contributed by atoms with Crippen LogP contribution in [0.4, 0.5) is 4.79 Å². The highest BCUT2D eigenvalue weighted by Gasteiger charge is 2.24. The molecule has 0 saturated carbocycles. The van der Waals surface area contributed by atoms with Crippen LogP contribution in [0.5, 0.6) is 0 Å². The smallest absolute Gasteiger partial charge is 0.313 e. The molecule has 0 aliphatic rings. The van der Waals surface area contributed by atoms with E-state index in [2.05, 4.69) is 30.2 Å². The second-order valence-corrected chi connectivity index (χ2v) is 5.10. The van der Waals surface area contributed by atoms with Crippen LogP contribution in [-0.2, 0) is 5.41 Å². The Kier molecular flexibility index (Phi) is 3.11. The summed E-state index contributed by atoms with van der Waals surface area (Å²) in [6.07, 6.45) is 1.99. The van der Waals surface area contributed by atoms with Crippen LogP contribution < -0.4 is 5.32 Å². The first-order chi connectivity index (χ1) is 8.00. The van der Waals surface area contributed by atoms with Crippen LogP contribution >= 0.6 is 11.6 Å². The van der Waals surface area contributed by atoms with E-state index in [0.717, 1.165) is 5.52 Å². The van der Waals surface area contributed by atoms with Gasteiger partial charge in [-0.05, 0) is 23.2 Å². The van der Waals surface area contributed by atoms with E-state index in [0.29, 0.717) is 6.54 Å². The highest BCUT2D eigenvalue weighted by Crippen LogP contribution is 2.29. The summed E-state index contributed by atoms with van der Waals surface area (Å²) >= 11 is 5.31. The lowest BCUT2D eigenvalue weighted by molar-refractivity contribution is 0.257. The number of halogens is 1. The predicted molar refractivity (Wildman–Crippen MR) is 70.6 cm³/mol. The van der Waals surface area contributed by atoms with Gasteiger partial charge < -0.3 is 10.3 Å². The van der Waals surface area contributed by atoms with Crippen molar-refractivity contribution in [2.45, 2.75) is 19.3 Å². The average Bonchev–Trinajstić information content (AvgIpc) is 2.71. The zero-order chi connectivity index (χ0) is 12.5. The van der Waals surface area contributed by atoms with Gasteiger partial charge in [-0.3, -0.25) is 4.79 Å². The van der Waals surface area contributed by atoms with Crippen LogP contribution in [0.2, 0.25) is 0 Å². The van der Waals surface area contributed by atoms with Crippen molar-refractivity contribution in [3.05, 3.63) is 36.0 Å². The third kappa shape index (κ3) is 2.44. The van der Waals surface area contributed by atoms with E-state index in [4.69, 9.17) is 11.6 Å². The third-order valence-corrected chi connectivity index (χ3v) is 3.12. The molecule has 2 N–H and O–H groups in total. The largest absolute Gasteiger partial charge is 0.361 e. The van der Waals surface area contributed by atoms with E-state index in [1.54, 1.807) is 0 Å². The molecule has 1 aromatic carbocycles. The monoisotopic (exact) mass is 250 g/mol. The third-order valence-electron chi connectivity index (χ3n) is 2.99. The second-order valence-electron chi connectivity index (χ2n) is 4.76. The molecule has 1 aromatic heterocycles. The number of aromatic nitrogens is 1. The van der Waals surface area contributed by atoms with E-state index >= 15 is 0 Å². The minimum Gasteiger partial charge on any atom is -0.361 e. The molecule has 0 saturated heterocycles. The molecular formula is C13H15ClN2O. The molecular weight excluding hydrogens is 236 g/mol. The van der Waals surface area contributed by atoms with Gasteiger partial charge in [0.1, 0.15) is 0 Å². The lowest BCUT2D eigenvalue weighted by Gasteiger charge is -2.24. The Bertz CT molecular complexity index is 545. The summed E-state index contributed by atoms with van der Waals surface area (Å²) in [5.74, 6) is 0. The Labute approximate surface area is 105 Å². The Balaban J connectivity index is 2.35. The zero-order valence-electron chi connectivity index (χ0n) is 9.88. The van der Waals surface area contributed by atoms with Crippen LogP contribution in [0, 0.1) is 0 Å². The minimum absolute atomic E-state index is 0.163. The maximum absolute atomic E-state index is 10.8. The van der Waals surface area contributed by atoms with Crippen LogP contribution in [-0.4, -0.2) is 16.9 Å². The van der Waals surface area contributed by atoms with Gasteiger partial charge in [-0.15, -0.1) is 0 Å². The number of amides is 1. The molecule has 0 atom stereocenters. The fourth-order valence-corrected chi connectivity index (χ4v) is 2.08. The van der Waals surface area contributed by atoms with Crippen molar-refractivity contribution in [2.24, 2.45) is 0 Å². The van der Waals surface area contributed by atoms with Gasteiger partial charge in [-0.1, -0.05) is 32.0 Å². The molecule has 17 heavy (non-hydrogen) atoms. The maximum Gasteiger partial charge on any atom is 0.313 e. The zero-order valence-corrected chi connectivity index (χ0v) is 10.6. The van der Waals surface area contributed by atoms with E-state index in [1.165, 1.54) is 10.9 Å². The van der Waals surface area contributed by atoms with Crippen LogP contribution in [0.25, 0.3) is 10.9 Å². The summed E-state index contributed by atoms with van der Waals surface area (Å²) in [6, 6.07) is 8.12. The summed E-state index contributed by atoms with van der Waals surface area (Å²) in [6.45, 7) is 4.67. The molecule has 2 rings (SSSR count). The molecule has 4 heteroatoms. The molecule has 90 valence electrons. The quantitative estimate of drug-likeness (QED) is 0.637. The van der Waals surface area contributed by atoms with Crippen molar-refractivity contribution >= 4 is 27.9 Å². The molecule has 2 aromatic rings. The van der Waals surface area contributed by atoms with Gasteiger partial charge in [0.15, 0.2) is 0 Å². The molecule has 0 fully saturated rings. The lowest BCUT2D eigenvalue weighted by Crippen LogP contribution is -2.34. The Morgan fingerprint density at radius 1 is 1.41 bits per heavy atom. The number of hydrogen-bond donors (Lipinski definition) is 2. The molecule has 0 spiro atoms. The topological polar surface area (TPSA) is 44.9 Å². The second kappa shape index (κ2) is 4.41. The molecule has 1 heterocycles. The lowest BCUT2D eigenvalue weighted by atomic mass is 9.84. The first-order valence-electron chi connectivity index (χ1n) is 5.50. The summed E-state index contributed by atoms with van der Waals surface area (Å²) in [5, 5.41) is 3.32. The van der Waals surface area contributed by atoms with Gasteiger partial charge in [0, 0.05) is 29.1 Å². The number of carbonyl (C=O) groups excluding carboxylic acids is 1. The molecule has 0 unspecified atom stereocenters. The van der Waals surface area contributed by atoms with E-state index in [9.17, 15) is 4.79 Å². The van der Waals surface area contributed by atoms with Crippen LogP contribution in [0.15, 0.2) is 30.5 Å². The molecule has 3 nitrogen and oxygen atoms in total. The van der Waals surface area contributed by atoms with Crippen LogP contribution in [0.1, 0.15) is 19.4 Å². The van der Waals surface area contributed by atoms with Gasteiger partial charge in [-0.2, -0.15) is 0 Å². The average molecular weight is 251 g/mol. The molecule has 0 radical (unpaired) electrons. The molecule has 1 amide bonds. The number of carbonyl (C=O) groups is 1. The summed E-state index contributed by atoms with van der Waals surface area (Å²) in [4.78, 5) is 14.0. The Hall–Kier alpha value is -1.48. The normalized spacial score (nSPS) is 11.7. The number of hydrogen-bond acceptors (Lipinski definition) is 1. The maximum atomic E-state index is 10.8. The van der Waals surface area contributed by atoms with Crippen molar-refractivity contribution in [1.82, 2.24) is 10.3 Å². The van der Waals surface area contributed by atoms with Crippen molar-refractivity contribution in [1.29, 1.82) is 0 Å². The van der Waals surface area contributed by atoms with Gasteiger partial charge in [0.25, 0.3) is 0 Å². The van der Waals surface area contributed by atoms with E-state index < -0.39 is 5.37 Å². The van der Waals surface area contributed by atoms with Crippen LogP contribution in [0.3, 0.4) is 0 Å². The van der Waals surface area contributed by atoms with Gasteiger partial charge in [0.2, 0.25) is 0 Å².